The number of aliphatic carboxylic acids is 1. The van der Waals surface area contributed by atoms with Crippen LogP contribution in [-0.2, 0) is 4.79 Å². The second-order valence-corrected chi connectivity index (χ2v) is 6.34. The van der Waals surface area contributed by atoms with E-state index in [-0.39, 0.29) is 0 Å². The zero-order valence-electron chi connectivity index (χ0n) is 14.4. The molecule has 0 saturated carbocycles. The van der Waals surface area contributed by atoms with Gasteiger partial charge < -0.3 is 10.0 Å². The Bertz CT molecular complexity index is 231. The summed E-state index contributed by atoms with van der Waals surface area (Å²) in [5.74, 6) is -0.658. The van der Waals surface area contributed by atoms with Crippen molar-refractivity contribution in [2.75, 3.05) is 20.1 Å². The molecule has 0 heterocycles. The maximum atomic E-state index is 10.4. The SMILES string of the molecule is CCCCCN(C)CCCCCCCCCCCC(=O)O. The monoisotopic (exact) mass is 299 g/mol. The topological polar surface area (TPSA) is 40.5 Å². The molecule has 0 aliphatic carbocycles. The minimum atomic E-state index is -0.658. The Hall–Kier alpha value is -0.570. The number of carbonyl (C=O) groups is 1. The van der Waals surface area contributed by atoms with Gasteiger partial charge in [0.1, 0.15) is 0 Å². The van der Waals surface area contributed by atoms with Crippen LogP contribution in [0.4, 0.5) is 0 Å². The molecule has 0 atom stereocenters. The highest BCUT2D eigenvalue weighted by atomic mass is 16.4. The van der Waals surface area contributed by atoms with Crippen molar-refractivity contribution in [2.45, 2.75) is 90.4 Å². The number of hydrogen-bond donors (Lipinski definition) is 1. The molecule has 0 bridgehead atoms. The van der Waals surface area contributed by atoms with E-state index >= 15 is 0 Å². The molecule has 0 saturated heterocycles. The predicted molar refractivity (Wildman–Crippen MR) is 90.8 cm³/mol. The fraction of sp³-hybridized carbons (Fsp3) is 0.944. The lowest BCUT2D eigenvalue weighted by atomic mass is 10.1. The van der Waals surface area contributed by atoms with Crippen molar-refractivity contribution in [1.82, 2.24) is 4.90 Å². The smallest absolute Gasteiger partial charge is 0.303 e. The minimum Gasteiger partial charge on any atom is -0.481 e. The third-order valence-corrected chi connectivity index (χ3v) is 4.07. The lowest BCUT2D eigenvalue weighted by molar-refractivity contribution is -0.137. The summed E-state index contributed by atoms with van der Waals surface area (Å²) in [4.78, 5) is 12.8. The molecule has 21 heavy (non-hydrogen) atoms. The largest absolute Gasteiger partial charge is 0.481 e. The number of carboxylic acid groups (broad SMARTS) is 1. The van der Waals surface area contributed by atoms with Crippen molar-refractivity contribution in [3.8, 4) is 0 Å². The molecule has 1 N–H and O–H groups in total. The molecule has 0 aromatic heterocycles. The first kappa shape index (κ1) is 20.4. The Kier molecular flexibility index (Phi) is 15.4. The molecular weight excluding hydrogens is 262 g/mol. The second-order valence-electron chi connectivity index (χ2n) is 6.34. The number of carboxylic acids is 1. The average molecular weight is 299 g/mol. The van der Waals surface area contributed by atoms with Crippen LogP contribution in [0.25, 0.3) is 0 Å². The van der Waals surface area contributed by atoms with E-state index in [1.807, 2.05) is 0 Å². The van der Waals surface area contributed by atoms with E-state index in [0.29, 0.717) is 6.42 Å². The fourth-order valence-electron chi connectivity index (χ4n) is 2.64. The van der Waals surface area contributed by atoms with E-state index in [2.05, 4.69) is 18.9 Å². The van der Waals surface area contributed by atoms with Crippen LogP contribution in [0.5, 0.6) is 0 Å². The van der Waals surface area contributed by atoms with Gasteiger partial charge in [0.25, 0.3) is 0 Å². The molecular formula is C18H37NO2. The third kappa shape index (κ3) is 17.4. The lowest BCUT2D eigenvalue weighted by Gasteiger charge is -2.15. The summed E-state index contributed by atoms with van der Waals surface area (Å²) in [6.45, 7) is 4.76. The Morgan fingerprint density at radius 2 is 1.19 bits per heavy atom. The van der Waals surface area contributed by atoms with Gasteiger partial charge in [0.05, 0.1) is 0 Å². The molecule has 0 aliphatic heterocycles. The van der Waals surface area contributed by atoms with Gasteiger partial charge in [-0.1, -0.05) is 64.7 Å². The van der Waals surface area contributed by atoms with Crippen LogP contribution in [0.1, 0.15) is 90.4 Å². The van der Waals surface area contributed by atoms with Crippen molar-refractivity contribution in [1.29, 1.82) is 0 Å². The highest BCUT2D eigenvalue weighted by Gasteiger charge is 1.99. The molecule has 0 spiro atoms. The Labute approximate surface area is 132 Å². The van der Waals surface area contributed by atoms with E-state index in [1.54, 1.807) is 0 Å². The molecule has 0 radical (unpaired) electrons. The first-order valence-electron chi connectivity index (χ1n) is 9.07. The quantitative estimate of drug-likeness (QED) is 0.403. The first-order chi connectivity index (χ1) is 10.2. The van der Waals surface area contributed by atoms with Gasteiger partial charge in [0.2, 0.25) is 0 Å². The molecule has 0 fully saturated rings. The van der Waals surface area contributed by atoms with Crippen LogP contribution in [0.2, 0.25) is 0 Å². The number of rotatable bonds is 16. The maximum Gasteiger partial charge on any atom is 0.303 e. The van der Waals surface area contributed by atoms with Gasteiger partial charge in [-0.3, -0.25) is 4.79 Å². The van der Waals surface area contributed by atoms with Crippen molar-refractivity contribution >= 4 is 5.97 Å². The minimum absolute atomic E-state index is 0.339. The molecule has 3 nitrogen and oxygen atoms in total. The van der Waals surface area contributed by atoms with Gasteiger partial charge in [0.15, 0.2) is 0 Å². The predicted octanol–water partition coefficient (Wildman–Crippen LogP) is 5.09. The van der Waals surface area contributed by atoms with Gasteiger partial charge in [0, 0.05) is 6.42 Å². The van der Waals surface area contributed by atoms with Crippen LogP contribution in [0.3, 0.4) is 0 Å². The van der Waals surface area contributed by atoms with E-state index in [1.165, 1.54) is 77.3 Å². The average Bonchev–Trinajstić information content (AvgIpc) is 2.44. The normalized spacial score (nSPS) is 11.2. The third-order valence-electron chi connectivity index (χ3n) is 4.07. The van der Waals surface area contributed by atoms with E-state index in [0.717, 1.165) is 12.8 Å². The maximum absolute atomic E-state index is 10.4. The van der Waals surface area contributed by atoms with Crippen LogP contribution >= 0.6 is 0 Å². The molecule has 0 aromatic rings. The van der Waals surface area contributed by atoms with E-state index in [9.17, 15) is 4.79 Å². The van der Waals surface area contributed by atoms with Gasteiger partial charge in [-0.2, -0.15) is 0 Å². The lowest BCUT2D eigenvalue weighted by Crippen LogP contribution is -2.20. The molecule has 0 rings (SSSR count). The summed E-state index contributed by atoms with van der Waals surface area (Å²) in [7, 11) is 2.24. The zero-order valence-corrected chi connectivity index (χ0v) is 14.4. The summed E-state index contributed by atoms with van der Waals surface area (Å²) >= 11 is 0. The van der Waals surface area contributed by atoms with Crippen molar-refractivity contribution in [3.63, 3.8) is 0 Å². The summed E-state index contributed by atoms with van der Waals surface area (Å²) in [6.07, 6.45) is 15.5. The molecule has 3 heteroatoms. The zero-order chi connectivity index (χ0) is 15.8. The first-order valence-corrected chi connectivity index (χ1v) is 9.07. The second kappa shape index (κ2) is 15.8. The van der Waals surface area contributed by atoms with Crippen LogP contribution in [-0.4, -0.2) is 36.1 Å². The van der Waals surface area contributed by atoms with Crippen LogP contribution in [0.15, 0.2) is 0 Å². The fourth-order valence-corrected chi connectivity index (χ4v) is 2.64. The molecule has 0 amide bonds. The summed E-state index contributed by atoms with van der Waals surface area (Å²) < 4.78 is 0. The molecule has 0 aliphatic rings. The van der Waals surface area contributed by atoms with E-state index in [4.69, 9.17) is 5.11 Å². The van der Waals surface area contributed by atoms with Crippen LogP contribution in [0, 0.1) is 0 Å². The Morgan fingerprint density at radius 1 is 0.762 bits per heavy atom. The van der Waals surface area contributed by atoms with Crippen molar-refractivity contribution in [3.05, 3.63) is 0 Å². The number of nitrogens with zero attached hydrogens (tertiary/aromatic N) is 1. The van der Waals surface area contributed by atoms with Gasteiger partial charge in [-0.25, -0.2) is 0 Å². The van der Waals surface area contributed by atoms with Crippen LogP contribution < -0.4 is 0 Å². The van der Waals surface area contributed by atoms with Crippen molar-refractivity contribution < 1.29 is 9.90 Å². The molecule has 126 valence electrons. The standard InChI is InChI=1S/C18H37NO2/c1-3-4-13-16-19(2)17-14-11-9-7-5-6-8-10-12-15-18(20)21/h3-17H2,1-2H3,(H,20,21). The van der Waals surface area contributed by atoms with Gasteiger partial charge in [-0.15, -0.1) is 0 Å². The highest BCUT2D eigenvalue weighted by Crippen LogP contribution is 2.11. The summed E-state index contributed by atoms with van der Waals surface area (Å²) in [5, 5.41) is 8.53. The summed E-state index contributed by atoms with van der Waals surface area (Å²) in [5.41, 5.74) is 0. The van der Waals surface area contributed by atoms with Crippen molar-refractivity contribution in [2.24, 2.45) is 0 Å². The number of unbranched alkanes of at least 4 members (excludes halogenated alkanes) is 10. The Morgan fingerprint density at radius 3 is 1.67 bits per heavy atom. The molecule has 0 aromatic carbocycles. The van der Waals surface area contributed by atoms with Gasteiger partial charge >= 0.3 is 5.97 Å². The highest BCUT2D eigenvalue weighted by molar-refractivity contribution is 5.66. The Balaban J connectivity index is 3.10. The van der Waals surface area contributed by atoms with E-state index < -0.39 is 5.97 Å². The molecule has 0 unspecified atom stereocenters. The summed E-state index contributed by atoms with van der Waals surface area (Å²) in [6, 6.07) is 0. The van der Waals surface area contributed by atoms with Gasteiger partial charge in [-0.05, 0) is 39.4 Å². The number of hydrogen-bond acceptors (Lipinski definition) is 2.